The molecule has 0 radical (unpaired) electrons. The molecule has 3 rings (SSSR count). The zero-order valence-corrected chi connectivity index (χ0v) is 9.08. The van der Waals surface area contributed by atoms with Crippen LogP contribution in [-0.2, 0) is 0 Å². The second-order valence-corrected chi connectivity index (χ2v) is 4.38. The average Bonchev–Trinajstić information content (AvgIpc) is 2.96. The molecule has 0 saturated heterocycles. The number of aromatic amines is 1. The Hall–Kier alpha value is -1.35. The van der Waals surface area contributed by atoms with Crippen LogP contribution >= 0.6 is 12.2 Å². The van der Waals surface area contributed by atoms with Crippen molar-refractivity contribution in [2.75, 3.05) is 0 Å². The Kier molecular flexibility index (Phi) is 1.99. The number of imidazole rings is 1. The molecule has 3 heteroatoms. The van der Waals surface area contributed by atoms with Crippen molar-refractivity contribution < 1.29 is 0 Å². The van der Waals surface area contributed by atoms with E-state index >= 15 is 0 Å². The van der Waals surface area contributed by atoms with Crippen LogP contribution in [0.5, 0.6) is 0 Å². The van der Waals surface area contributed by atoms with Gasteiger partial charge in [0.05, 0.1) is 0 Å². The van der Waals surface area contributed by atoms with E-state index in [-0.39, 0.29) is 0 Å². The molecule has 2 atom stereocenters. The maximum atomic E-state index is 5.21. The van der Waals surface area contributed by atoms with Crippen molar-refractivity contribution in [1.82, 2.24) is 9.55 Å². The van der Waals surface area contributed by atoms with Crippen LogP contribution in [-0.4, -0.2) is 9.55 Å². The van der Waals surface area contributed by atoms with Crippen LogP contribution in [0.2, 0.25) is 0 Å². The fraction of sp³-hybridized carbons (Fsp3) is 0.250. The average molecular weight is 216 g/mol. The van der Waals surface area contributed by atoms with E-state index in [4.69, 9.17) is 12.2 Å². The molecule has 1 saturated carbocycles. The molecule has 76 valence electrons. The molecule has 0 amide bonds. The molecule has 1 aromatic carbocycles. The molecule has 0 bridgehead atoms. The number of hydrogen-bond acceptors (Lipinski definition) is 1. The van der Waals surface area contributed by atoms with E-state index in [2.05, 4.69) is 39.9 Å². The third-order valence-corrected chi connectivity index (χ3v) is 3.35. The number of H-pyrrole nitrogens is 1. The van der Waals surface area contributed by atoms with E-state index in [9.17, 15) is 0 Å². The Labute approximate surface area is 93.6 Å². The van der Waals surface area contributed by atoms with Gasteiger partial charge >= 0.3 is 0 Å². The van der Waals surface area contributed by atoms with Gasteiger partial charge < -0.3 is 9.55 Å². The monoisotopic (exact) mass is 216 g/mol. The summed E-state index contributed by atoms with van der Waals surface area (Å²) >= 11 is 5.21. The summed E-state index contributed by atoms with van der Waals surface area (Å²) in [6.45, 7) is 0. The Bertz CT molecular complexity index is 512. The molecule has 1 N–H and O–H groups in total. The highest BCUT2D eigenvalue weighted by Crippen LogP contribution is 2.51. The summed E-state index contributed by atoms with van der Waals surface area (Å²) in [6, 6.07) is 11.2. The van der Waals surface area contributed by atoms with E-state index in [0.717, 1.165) is 4.77 Å². The van der Waals surface area contributed by atoms with Gasteiger partial charge in [0, 0.05) is 24.4 Å². The summed E-state index contributed by atoms with van der Waals surface area (Å²) in [7, 11) is 0. The van der Waals surface area contributed by atoms with Crippen LogP contribution in [0, 0.1) is 4.77 Å². The molecule has 2 aromatic rings. The van der Waals surface area contributed by atoms with Gasteiger partial charge in [0.25, 0.3) is 0 Å². The van der Waals surface area contributed by atoms with Gasteiger partial charge in [0.1, 0.15) is 0 Å². The minimum atomic E-state index is 0.561. The smallest absolute Gasteiger partial charge is 0.177 e. The van der Waals surface area contributed by atoms with Gasteiger partial charge in [-0.3, -0.25) is 0 Å². The summed E-state index contributed by atoms with van der Waals surface area (Å²) in [6.07, 6.45) is 5.15. The molecule has 2 unspecified atom stereocenters. The van der Waals surface area contributed by atoms with E-state index in [1.165, 1.54) is 12.0 Å². The first-order chi connectivity index (χ1) is 7.36. The number of aromatic nitrogens is 2. The van der Waals surface area contributed by atoms with Gasteiger partial charge in [-0.25, -0.2) is 0 Å². The van der Waals surface area contributed by atoms with Crippen molar-refractivity contribution in [2.45, 2.75) is 18.4 Å². The van der Waals surface area contributed by atoms with E-state index < -0.39 is 0 Å². The maximum Gasteiger partial charge on any atom is 0.177 e. The van der Waals surface area contributed by atoms with Crippen LogP contribution in [0.25, 0.3) is 0 Å². The number of nitrogens with zero attached hydrogens (tertiary/aromatic N) is 1. The molecule has 1 aliphatic carbocycles. The highest BCUT2D eigenvalue weighted by atomic mass is 32.1. The summed E-state index contributed by atoms with van der Waals surface area (Å²) < 4.78 is 2.99. The first-order valence-corrected chi connectivity index (χ1v) is 5.57. The molecule has 15 heavy (non-hydrogen) atoms. The third-order valence-electron chi connectivity index (χ3n) is 3.02. The van der Waals surface area contributed by atoms with Crippen molar-refractivity contribution in [3.63, 3.8) is 0 Å². The van der Waals surface area contributed by atoms with Gasteiger partial charge in [-0.1, -0.05) is 30.3 Å². The molecule has 1 fully saturated rings. The molecule has 0 aliphatic heterocycles. The van der Waals surface area contributed by atoms with Crippen molar-refractivity contribution in [3.8, 4) is 0 Å². The van der Waals surface area contributed by atoms with E-state index in [1.54, 1.807) is 0 Å². The van der Waals surface area contributed by atoms with E-state index in [0.29, 0.717) is 12.0 Å². The second-order valence-electron chi connectivity index (χ2n) is 3.99. The summed E-state index contributed by atoms with van der Waals surface area (Å²) in [5.74, 6) is 0.647. The van der Waals surface area contributed by atoms with Gasteiger partial charge in [-0.15, -0.1) is 0 Å². The van der Waals surface area contributed by atoms with Crippen LogP contribution in [0.1, 0.15) is 23.9 Å². The van der Waals surface area contributed by atoms with Crippen LogP contribution in [0.15, 0.2) is 42.7 Å². The van der Waals surface area contributed by atoms with Gasteiger partial charge in [-0.2, -0.15) is 0 Å². The number of hydrogen-bond donors (Lipinski definition) is 1. The molecule has 1 heterocycles. The van der Waals surface area contributed by atoms with Gasteiger partial charge in [0.15, 0.2) is 4.77 Å². The molecule has 2 nitrogen and oxygen atoms in total. The largest absolute Gasteiger partial charge is 0.337 e. The summed E-state index contributed by atoms with van der Waals surface area (Å²) in [5, 5.41) is 0. The predicted octanol–water partition coefficient (Wildman–Crippen LogP) is 3.27. The lowest BCUT2D eigenvalue weighted by molar-refractivity contribution is 0.706. The summed E-state index contributed by atoms with van der Waals surface area (Å²) in [4.78, 5) is 3.04. The fourth-order valence-electron chi connectivity index (χ4n) is 2.14. The first kappa shape index (κ1) is 8.92. The highest BCUT2D eigenvalue weighted by molar-refractivity contribution is 7.71. The molecule has 1 aliphatic rings. The topological polar surface area (TPSA) is 20.7 Å². The lowest BCUT2D eigenvalue weighted by atomic mass is 10.1. The maximum absolute atomic E-state index is 5.21. The van der Waals surface area contributed by atoms with Crippen LogP contribution in [0.3, 0.4) is 0 Å². The Balaban J connectivity index is 1.86. The second kappa shape index (κ2) is 3.35. The minimum Gasteiger partial charge on any atom is -0.337 e. The van der Waals surface area contributed by atoms with Crippen molar-refractivity contribution in [2.24, 2.45) is 0 Å². The molecular formula is C12H12N2S. The quantitative estimate of drug-likeness (QED) is 0.764. The van der Waals surface area contributed by atoms with Crippen molar-refractivity contribution in [3.05, 3.63) is 53.1 Å². The van der Waals surface area contributed by atoms with Crippen LogP contribution in [0.4, 0.5) is 0 Å². The third kappa shape index (κ3) is 1.53. The minimum absolute atomic E-state index is 0.561. The van der Waals surface area contributed by atoms with Gasteiger partial charge in [-0.05, 0) is 24.2 Å². The fourth-order valence-corrected chi connectivity index (χ4v) is 2.40. The Morgan fingerprint density at radius 3 is 2.73 bits per heavy atom. The zero-order chi connectivity index (χ0) is 10.3. The molecular weight excluding hydrogens is 204 g/mol. The standard InChI is InChI=1S/C12H12N2S/c15-12-13-6-7-14(12)11-8-10(11)9-4-2-1-3-5-9/h1-7,10-11H,8H2,(H,13,15). The van der Waals surface area contributed by atoms with Crippen molar-refractivity contribution >= 4 is 12.2 Å². The molecule has 1 aromatic heterocycles. The van der Waals surface area contributed by atoms with Crippen LogP contribution < -0.4 is 0 Å². The lowest BCUT2D eigenvalue weighted by Crippen LogP contribution is -1.93. The normalized spacial score (nSPS) is 24.0. The van der Waals surface area contributed by atoms with E-state index in [1.807, 2.05) is 12.4 Å². The highest BCUT2D eigenvalue weighted by Gasteiger charge is 2.39. The van der Waals surface area contributed by atoms with Crippen molar-refractivity contribution in [1.29, 1.82) is 0 Å². The molecule has 0 spiro atoms. The lowest BCUT2D eigenvalue weighted by Gasteiger charge is -2.01. The SMILES string of the molecule is S=c1[nH]ccn1C1CC1c1ccccc1. The zero-order valence-electron chi connectivity index (χ0n) is 8.26. The Morgan fingerprint density at radius 2 is 2.07 bits per heavy atom. The van der Waals surface area contributed by atoms with Gasteiger partial charge in [0.2, 0.25) is 0 Å². The Morgan fingerprint density at radius 1 is 1.27 bits per heavy atom. The number of benzene rings is 1. The predicted molar refractivity (Wildman–Crippen MR) is 62.5 cm³/mol. The number of nitrogens with one attached hydrogen (secondary N) is 1. The summed E-state index contributed by atoms with van der Waals surface area (Å²) in [5.41, 5.74) is 1.42. The first-order valence-electron chi connectivity index (χ1n) is 5.17. The number of rotatable bonds is 2.